The second-order valence-electron chi connectivity index (χ2n) is 6.24. The number of fused-ring (bicyclic) bond motifs is 1. The Morgan fingerprint density at radius 2 is 1.80 bits per heavy atom. The fourth-order valence-corrected chi connectivity index (χ4v) is 5.11. The average molecular weight is 296 g/mol. The quantitative estimate of drug-likeness (QED) is 0.781. The first kappa shape index (κ1) is 14.2. The Kier molecular flexibility index (Phi) is 3.98. The van der Waals surface area contributed by atoms with Crippen molar-refractivity contribution >= 4 is 23.6 Å². The largest absolute Gasteiger partial charge is 0.329 e. The summed E-state index contributed by atoms with van der Waals surface area (Å²) in [6, 6.07) is -0.175. The molecule has 0 aromatic carbocycles. The van der Waals surface area contributed by atoms with Crippen molar-refractivity contribution in [2.75, 3.05) is 12.8 Å². The Labute approximate surface area is 125 Å². The monoisotopic (exact) mass is 296 g/mol. The first-order chi connectivity index (χ1) is 9.65. The van der Waals surface area contributed by atoms with Gasteiger partial charge < -0.3 is 9.80 Å². The van der Waals surface area contributed by atoms with Crippen LogP contribution in [-0.2, 0) is 9.59 Å². The topological polar surface area (TPSA) is 40.6 Å². The molecule has 4 atom stereocenters. The van der Waals surface area contributed by atoms with Gasteiger partial charge in [0.25, 0.3) is 0 Å². The zero-order valence-electron chi connectivity index (χ0n) is 12.4. The Morgan fingerprint density at radius 1 is 1.05 bits per heavy atom. The molecule has 3 rings (SSSR count). The number of hydrogen-bond acceptors (Lipinski definition) is 3. The molecule has 3 fully saturated rings. The first-order valence-electron chi connectivity index (χ1n) is 7.80. The van der Waals surface area contributed by atoms with Gasteiger partial charge in [-0.05, 0) is 38.9 Å². The molecule has 0 radical (unpaired) electrons. The Balaban J connectivity index is 1.87. The van der Waals surface area contributed by atoms with E-state index in [4.69, 9.17) is 0 Å². The van der Waals surface area contributed by atoms with E-state index >= 15 is 0 Å². The molecule has 4 unspecified atom stereocenters. The van der Waals surface area contributed by atoms with E-state index in [0.29, 0.717) is 5.25 Å². The molecular weight excluding hydrogens is 272 g/mol. The molecule has 3 aliphatic rings. The third kappa shape index (κ3) is 2.14. The van der Waals surface area contributed by atoms with Crippen molar-refractivity contribution in [3.05, 3.63) is 0 Å². The van der Waals surface area contributed by atoms with Gasteiger partial charge in [-0.2, -0.15) is 11.8 Å². The number of carbonyl (C=O) groups excluding carboxylic acids is 2. The summed E-state index contributed by atoms with van der Waals surface area (Å²) < 4.78 is 0. The Hall–Kier alpha value is -0.710. The highest BCUT2D eigenvalue weighted by Gasteiger charge is 2.49. The van der Waals surface area contributed by atoms with Gasteiger partial charge >= 0.3 is 0 Å². The van der Waals surface area contributed by atoms with Crippen LogP contribution < -0.4 is 0 Å². The van der Waals surface area contributed by atoms with E-state index in [0.717, 1.165) is 25.8 Å². The molecule has 2 heterocycles. The summed E-state index contributed by atoms with van der Waals surface area (Å²) in [4.78, 5) is 29.1. The third-order valence-corrected chi connectivity index (χ3v) is 6.33. The Morgan fingerprint density at radius 3 is 2.55 bits per heavy atom. The second-order valence-corrected chi connectivity index (χ2v) is 7.31. The normalized spacial score (nSPS) is 38.3. The van der Waals surface area contributed by atoms with Crippen LogP contribution in [0.3, 0.4) is 0 Å². The highest BCUT2D eigenvalue weighted by atomic mass is 32.2. The van der Waals surface area contributed by atoms with Crippen molar-refractivity contribution < 1.29 is 9.59 Å². The number of amides is 2. The van der Waals surface area contributed by atoms with E-state index in [1.807, 2.05) is 28.5 Å². The zero-order valence-corrected chi connectivity index (χ0v) is 13.2. The lowest BCUT2D eigenvalue weighted by Crippen LogP contribution is -2.66. The molecule has 0 aromatic rings. The average Bonchev–Trinajstić information content (AvgIpc) is 2.95. The summed E-state index contributed by atoms with van der Waals surface area (Å²) >= 11 is 1.86. The van der Waals surface area contributed by atoms with Crippen LogP contribution in [0.4, 0.5) is 0 Å². The van der Waals surface area contributed by atoms with E-state index in [9.17, 15) is 9.59 Å². The highest BCUT2D eigenvalue weighted by Crippen LogP contribution is 2.36. The standard InChI is InChI=1S/C15H24N2O2S/c1-10-14(18)16-9-5-7-12(16)15(19)17(10)11-6-3-4-8-13(11)20-2/h10-13H,3-9H2,1-2H3. The zero-order chi connectivity index (χ0) is 14.3. The van der Waals surface area contributed by atoms with E-state index in [-0.39, 0.29) is 29.9 Å². The van der Waals surface area contributed by atoms with Crippen LogP contribution in [-0.4, -0.2) is 57.8 Å². The SMILES string of the molecule is CSC1CCCCC1N1C(=O)C2CCCN2C(=O)C1C. The molecule has 0 aromatic heterocycles. The predicted molar refractivity (Wildman–Crippen MR) is 80.6 cm³/mol. The van der Waals surface area contributed by atoms with Crippen LogP contribution >= 0.6 is 11.8 Å². The summed E-state index contributed by atoms with van der Waals surface area (Å²) in [5.41, 5.74) is 0. The number of piperazine rings is 1. The maximum absolute atomic E-state index is 12.8. The minimum Gasteiger partial charge on any atom is -0.329 e. The van der Waals surface area contributed by atoms with Gasteiger partial charge in [0.1, 0.15) is 12.1 Å². The van der Waals surface area contributed by atoms with E-state index in [2.05, 4.69) is 6.26 Å². The smallest absolute Gasteiger partial charge is 0.246 e. The van der Waals surface area contributed by atoms with E-state index in [1.54, 1.807) is 0 Å². The second kappa shape index (κ2) is 5.58. The number of rotatable bonds is 2. The molecular formula is C15H24N2O2S. The van der Waals surface area contributed by atoms with Crippen molar-refractivity contribution in [1.82, 2.24) is 9.80 Å². The van der Waals surface area contributed by atoms with Crippen LogP contribution in [0.5, 0.6) is 0 Å². The third-order valence-electron chi connectivity index (χ3n) is 5.18. The van der Waals surface area contributed by atoms with Gasteiger partial charge in [0.15, 0.2) is 0 Å². The molecule has 1 saturated carbocycles. The van der Waals surface area contributed by atoms with Gasteiger partial charge in [0.05, 0.1) is 0 Å². The summed E-state index contributed by atoms with van der Waals surface area (Å²) in [6.07, 6.45) is 8.62. The molecule has 4 nitrogen and oxygen atoms in total. The highest BCUT2D eigenvalue weighted by molar-refractivity contribution is 7.99. The first-order valence-corrected chi connectivity index (χ1v) is 9.09. The number of nitrogens with zero attached hydrogens (tertiary/aromatic N) is 2. The summed E-state index contributed by atoms with van der Waals surface area (Å²) in [7, 11) is 0. The summed E-state index contributed by atoms with van der Waals surface area (Å²) in [5, 5.41) is 0.496. The molecule has 0 spiro atoms. The number of carbonyl (C=O) groups is 2. The van der Waals surface area contributed by atoms with Crippen LogP contribution in [0.2, 0.25) is 0 Å². The van der Waals surface area contributed by atoms with E-state index in [1.165, 1.54) is 19.3 Å². The fraction of sp³-hybridized carbons (Fsp3) is 0.867. The van der Waals surface area contributed by atoms with Crippen molar-refractivity contribution in [2.45, 2.75) is 68.8 Å². The maximum Gasteiger partial charge on any atom is 0.246 e. The molecule has 0 N–H and O–H groups in total. The molecule has 1 aliphatic carbocycles. The van der Waals surface area contributed by atoms with Gasteiger partial charge in [0, 0.05) is 17.8 Å². The minimum atomic E-state index is -0.269. The lowest BCUT2D eigenvalue weighted by molar-refractivity contribution is -0.161. The number of hydrogen-bond donors (Lipinski definition) is 0. The molecule has 2 saturated heterocycles. The lowest BCUT2D eigenvalue weighted by atomic mass is 9.90. The van der Waals surface area contributed by atoms with Crippen LogP contribution in [0.1, 0.15) is 45.4 Å². The Bertz CT molecular complexity index is 415. The minimum absolute atomic E-state index is 0.164. The molecule has 5 heteroatoms. The van der Waals surface area contributed by atoms with Crippen molar-refractivity contribution in [3.8, 4) is 0 Å². The van der Waals surface area contributed by atoms with Gasteiger partial charge in [-0.3, -0.25) is 9.59 Å². The van der Waals surface area contributed by atoms with Crippen LogP contribution in [0.25, 0.3) is 0 Å². The van der Waals surface area contributed by atoms with Gasteiger partial charge in [-0.15, -0.1) is 0 Å². The van der Waals surface area contributed by atoms with Crippen molar-refractivity contribution in [3.63, 3.8) is 0 Å². The maximum atomic E-state index is 12.8. The molecule has 0 bridgehead atoms. The molecule has 2 amide bonds. The number of thioether (sulfide) groups is 1. The van der Waals surface area contributed by atoms with Gasteiger partial charge in [-0.25, -0.2) is 0 Å². The molecule has 112 valence electrons. The molecule has 2 aliphatic heterocycles. The van der Waals surface area contributed by atoms with Gasteiger partial charge in [-0.1, -0.05) is 12.8 Å². The van der Waals surface area contributed by atoms with Crippen LogP contribution in [0, 0.1) is 0 Å². The molecule has 20 heavy (non-hydrogen) atoms. The van der Waals surface area contributed by atoms with Crippen molar-refractivity contribution in [1.29, 1.82) is 0 Å². The van der Waals surface area contributed by atoms with Crippen LogP contribution in [0.15, 0.2) is 0 Å². The predicted octanol–water partition coefficient (Wildman–Crippen LogP) is 1.88. The van der Waals surface area contributed by atoms with Gasteiger partial charge in [0.2, 0.25) is 11.8 Å². The summed E-state index contributed by atoms with van der Waals surface area (Å²) in [5.74, 6) is 0.373. The van der Waals surface area contributed by atoms with E-state index < -0.39 is 0 Å². The lowest BCUT2D eigenvalue weighted by Gasteiger charge is -2.48. The summed E-state index contributed by atoms with van der Waals surface area (Å²) in [6.45, 7) is 2.69. The van der Waals surface area contributed by atoms with Crippen molar-refractivity contribution in [2.24, 2.45) is 0 Å². The fourth-order valence-electron chi connectivity index (χ4n) is 4.13.